The highest BCUT2D eigenvalue weighted by Crippen LogP contribution is 2.28. The van der Waals surface area contributed by atoms with Gasteiger partial charge in [-0.1, -0.05) is 18.2 Å². The van der Waals surface area contributed by atoms with Crippen LogP contribution in [-0.2, 0) is 11.3 Å². The first-order chi connectivity index (χ1) is 12.2. The lowest BCUT2D eigenvalue weighted by Gasteiger charge is -2.33. The molecule has 1 aromatic carbocycles. The van der Waals surface area contributed by atoms with Crippen molar-refractivity contribution in [3.05, 3.63) is 65.5 Å². The highest BCUT2D eigenvalue weighted by molar-refractivity contribution is 6.00. The van der Waals surface area contributed by atoms with Crippen molar-refractivity contribution in [2.24, 2.45) is 0 Å². The second-order valence-corrected chi connectivity index (χ2v) is 6.75. The molecule has 0 aliphatic carbocycles. The fourth-order valence-corrected chi connectivity index (χ4v) is 3.80. The maximum absolute atomic E-state index is 12.6. The molecule has 2 amide bonds. The number of fused-ring (bicyclic) bond motifs is 1. The van der Waals surface area contributed by atoms with Crippen LogP contribution in [0, 0.1) is 0 Å². The predicted molar refractivity (Wildman–Crippen MR) is 94.0 cm³/mol. The lowest BCUT2D eigenvalue weighted by Crippen LogP contribution is -2.44. The fraction of sp³-hybridized carbons (Fsp3) is 0.350. The normalized spacial score (nSPS) is 17.7. The van der Waals surface area contributed by atoms with Crippen molar-refractivity contribution < 1.29 is 9.59 Å². The van der Waals surface area contributed by atoms with E-state index in [0.29, 0.717) is 12.5 Å². The Morgan fingerprint density at radius 1 is 1.08 bits per heavy atom. The molecule has 3 heterocycles. The zero-order valence-corrected chi connectivity index (χ0v) is 14.1. The van der Waals surface area contributed by atoms with Gasteiger partial charge < -0.3 is 9.80 Å². The summed E-state index contributed by atoms with van der Waals surface area (Å²) in [6.45, 7) is 2.21. The fourth-order valence-electron chi connectivity index (χ4n) is 3.80. The van der Waals surface area contributed by atoms with Crippen LogP contribution in [0.15, 0.2) is 48.8 Å². The van der Waals surface area contributed by atoms with Gasteiger partial charge in [-0.3, -0.25) is 14.6 Å². The standard InChI is InChI=1S/C20H21N3O2/c24-19(14-23-13-17-3-1-2-4-18(17)20(23)25)22-11-7-16(8-12-22)15-5-9-21-10-6-15/h1-6,9-10,16H,7-8,11-14H2. The van der Waals surface area contributed by atoms with E-state index in [-0.39, 0.29) is 18.4 Å². The second-order valence-electron chi connectivity index (χ2n) is 6.75. The average Bonchev–Trinajstić information content (AvgIpc) is 2.98. The first kappa shape index (κ1) is 15.8. The van der Waals surface area contributed by atoms with Crippen molar-refractivity contribution in [1.82, 2.24) is 14.8 Å². The van der Waals surface area contributed by atoms with Crippen molar-refractivity contribution in [3.63, 3.8) is 0 Å². The van der Waals surface area contributed by atoms with Crippen LogP contribution >= 0.6 is 0 Å². The zero-order valence-electron chi connectivity index (χ0n) is 14.1. The highest BCUT2D eigenvalue weighted by Gasteiger charge is 2.31. The Morgan fingerprint density at radius 3 is 2.52 bits per heavy atom. The number of amides is 2. The van der Waals surface area contributed by atoms with E-state index in [9.17, 15) is 9.59 Å². The molecular weight excluding hydrogens is 314 g/mol. The van der Waals surface area contributed by atoms with Crippen LogP contribution in [0.5, 0.6) is 0 Å². The summed E-state index contributed by atoms with van der Waals surface area (Å²) >= 11 is 0. The number of likely N-dealkylation sites (tertiary alicyclic amines) is 1. The Morgan fingerprint density at radius 2 is 1.80 bits per heavy atom. The molecule has 5 nitrogen and oxygen atoms in total. The van der Waals surface area contributed by atoms with E-state index in [1.165, 1.54) is 5.56 Å². The SMILES string of the molecule is O=C(CN1Cc2ccccc2C1=O)N1CCC(c2ccncc2)CC1. The van der Waals surface area contributed by atoms with Crippen LogP contribution < -0.4 is 0 Å². The van der Waals surface area contributed by atoms with Gasteiger partial charge in [0.05, 0.1) is 0 Å². The Hall–Kier alpha value is -2.69. The third kappa shape index (κ3) is 3.14. The summed E-state index contributed by atoms with van der Waals surface area (Å²) < 4.78 is 0. The molecule has 25 heavy (non-hydrogen) atoms. The topological polar surface area (TPSA) is 53.5 Å². The lowest BCUT2D eigenvalue weighted by molar-refractivity contribution is -0.133. The molecule has 5 heteroatoms. The predicted octanol–water partition coefficient (Wildman–Crippen LogP) is 2.44. The van der Waals surface area contributed by atoms with Crippen LogP contribution in [0.2, 0.25) is 0 Å². The molecule has 0 N–H and O–H groups in total. The van der Waals surface area contributed by atoms with Gasteiger partial charge in [0.15, 0.2) is 0 Å². The number of nitrogens with zero attached hydrogens (tertiary/aromatic N) is 3. The number of pyridine rings is 1. The van der Waals surface area contributed by atoms with Crippen molar-refractivity contribution in [1.29, 1.82) is 0 Å². The average molecular weight is 335 g/mol. The van der Waals surface area contributed by atoms with E-state index in [1.54, 1.807) is 4.90 Å². The smallest absolute Gasteiger partial charge is 0.254 e. The van der Waals surface area contributed by atoms with Gasteiger partial charge in [-0.25, -0.2) is 0 Å². The number of carbonyl (C=O) groups is 2. The number of piperidine rings is 1. The largest absolute Gasteiger partial charge is 0.341 e. The third-order valence-electron chi connectivity index (χ3n) is 5.25. The van der Waals surface area contributed by atoms with E-state index in [2.05, 4.69) is 17.1 Å². The molecule has 2 aromatic rings. The van der Waals surface area contributed by atoms with Crippen molar-refractivity contribution in [2.75, 3.05) is 19.6 Å². The third-order valence-corrected chi connectivity index (χ3v) is 5.25. The van der Waals surface area contributed by atoms with Gasteiger partial charge in [-0.15, -0.1) is 0 Å². The van der Waals surface area contributed by atoms with Crippen LogP contribution in [0.3, 0.4) is 0 Å². The zero-order chi connectivity index (χ0) is 17.2. The van der Waals surface area contributed by atoms with Gasteiger partial charge in [-0.2, -0.15) is 0 Å². The number of carbonyl (C=O) groups excluding carboxylic acids is 2. The molecule has 0 saturated carbocycles. The number of aromatic nitrogens is 1. The minimum Gasteiger partial charge on any atom is -0.341 e. The number of benzene rings is 1. The molecule has 128 valence electrons. The van der Waals surface area contributed by atoms with E-state index in [0.717, 1.165) is 37.1 Å². The number of hydrogen-bond acceptors (Lipinski definition) is 3. The Bertz CT molecular complexity index is 783. The molecule has 1 saturated heterocycles. The lowest BCUT2D eigenvalue weighted by atomic mass is 9.90. The van der Waals surface area contributed by atoms with Crippen LogP contribution in [0.1, 0.15) is 40.2 Å². The van der Waals surface area contributed by atoms with E-state index in [4.69, 9.17) is 0 Å². The highest BCUT2D eigenvalue weighted by atomic mass is 16.2. The maximum Gasteiger partial charge on any atom is 0.254 e. The molecule has 2 aliphatic heterocycles. The summed E-state index contributed by atoms with van der Waals surface area (Å²) in [6.07, 6.45) is 5.57. The van der Waals surface area contributed by atoms with E-state index < -0.39 is 0 Å². The Balaban J connectivity index is 1.34. The van der Waals surface area contributed by atoms with Gasteiger partial charge in [0.25, 0.3) is 5.91 Å². The molecule has 0 atom stereocenters. The summed E-state index contributed by atoms with van der Waals surface area (Å²) in [6, 6.07) is 11.7. The Labute approximate surface area is 147 Å². The number of rotatable bonds is 3. The van der Waals surface area contributed by atoms with Crippen LogP contribution in [0.25, 0.3) is 0 Å². The van der Waals surface area contributed by atoms with Gasteiger partial charge >= 0.3 is 0 Å². The van der Waals surface area contributed by atoms with Crippen molar-refractivity contribution >= 4 is 11.8 Å². The second kappa shape index (κ2) is 6.67. The molecule has 0 radical (unpaired) electrons. The van der Waals surface area contributed by atoms with Crippen LogP contribution in [-0.4, -0.2) is 46.2 Å². The van der Waals surface area contributed by atoms with E-state index in [1.807, 2.05) is 41.6 Å². The van der Waals surface area contributed by atoms with Gasteiger partial charge in [0.2, 0.25) is 5.91 Å². The van der Waals surface area contributed by atoms with Gasteiger partial charge in [-0.05, 0) is 48.1 Å². The molecule has 1 fully saturated rings. The quantitative estimate of drug-likeness (QED) is 0.866. The minimum absolute atomic E-state index is 0.0318. The maximum atomic E-state index is 12.6. The molecule has 2 aliphatic rings. The van der Waals surface area contributed by atoms with Crippen molar-refractivity contribution in [3.8, 4) is 0 Å². The van der Waals surface area contributed by atoms with Crippen molar-refractivity contribution in [2.45, 2.75) is 25.3 Å². The molecular formula is C20H21N3O2. The van der Waals surface area contributed by atoms with Gasteiger partial charge in [0.1, 0.15) is 6.54 Å². The summed E-state index contributed by atoms with van der Waals surface area (Å²) in [5.74, 6) is 0.509. The summed E-state index contributed by atoms with van der Waals surface area (Å²) in [5, 5.41) is 0. The first-order valence-corrected chi connectivity index (χ1v) is 8.77. The molecule has 1 aromatic heterocycles. The van der Waals surface area contributed by atoms with E-state index >= 15 is 0 Å². The summed E-state index contributed by atoms with van der Waals surface area (Å²) in [4.78, 5) is 32.6. The monoisotopic (exact) mass is 335 g/mol. The number of hydrogen-bond donors (Lipinski definition) is 0. The molecule has 0 unspecified atom stereocenters. The summed E-state index contributed by atoms with van der Waals surface area (Å²) in [7, 11) is 0. The van der Waals surface area contributed by atoms with Gasteiger partial charge in [0, 0.05) is 37.6 Å². The molecule has 4 rings (SSSR count). The summed E-state index contributed by atoms with van der Waals surface area (Å²) in [5.41, 5.74) is 3.04. The molecule has 0 spiro atoms. The minimum atomic E-state index is -0.0318. The molecule has 0 bridgehead atoms. The Kier molecular flexibility index (Phi) is 4.22. The van der Waals surface area contributed by atoms with Crippen LogP contribution in [0.4, 0.5) is 0 Å². The first-order valence-electron chi connectivity index (χ1n) is 8.77.